The zero-order valence-corrected chi connectivity index (χ0v) is 8.44. The fraction of sp³-hybridized carbons (Fsp3) is 1.00. The first-order chi connectivity index (χ1) is 2.91. The minimum atomic E-state index is 0.00224. The SMILES string of the molecule is CCC[CH2][Sn][Br]. The van der Waals surface area contributed by atoms with Crippen LogP contribution in [0.2, 0.25) is 4.44 Å². The van der Waals surface area contributed by atoms with Gasteiger partial charge in [0.05, 0.1) is 0 Å². The number of hydrogen-bond acceptors (Lipinski definition) is 0. The molecule has 0 fully saturated rings. The molecule has 0 unspecified atom stereocenters. The van der Waals surface area contributed by atoms with E-state index >= 15 is 0 Å². The second-order valence-corrected chi connectivity index (χ2v) is 7.19. The Hall–Kier alpha value is 1.28. The molecule has 0 spiro atoms. The van der Waals surface area contributed by atoms with Gasteiger partial charge < -0.3 is 0 Å². The molecule has 2 radical (unpaired) electrons. The van der Waals surface area contributed by atoms with E-state index in [4.69, 9.17) is 0 Å². The van der Waals surface area contributed by atoms with Crippen molar-refractivity contribution in [3.63, 3.8) is 0 Å². The molecular formula is C4H9BrSn. The van der Waals surface area contributed by atoms with Gasteiger partial charge in [-0.15, -0.1) is 0 Å². The molecule has 0 bridgehead atoms. The predicted octanol–water partition coefficient (Wildman–Crippen LogP) is 2.22. The van der Waals surface area contributed by atoms with Crippen molar-refractivity contribution in [1.29, 1.82) is 0 Å². The molecule has 0 heterocycles. The summed E-state index contributed by atoms with van der Waals surface area (Å²) in [7, 11) is 0. The van der Waals surface area contributed by atoms with Gasteiger partial charge in [0.2, 0.25) is 0 Å². The van der Waals surface area contributed by atoms with Crippen molar-refractivity contribution in [1.82, 2.24) is 0 Å². The second kappa shape index (κ2) is 6.28. The molecular weight excluding hydrogens is 247 g/mol. The summed E-state index contributed by atoms with van der Waals surface area (Å²) >= 11 is 3.52. The van der Waals surface area contributed by atoms with E-state index in [2.05, 4.69) is 19.6 Å². The van der Waals surface area contributed by atoms with Crippen molar-refractivity contribution in [3.8, 4) is 0 Å². The van der Waals surface area contributed by atoms with Gasteiger partial charge in [0.1, 0.15) is 0 Å². The number of hydrogen-bond donors (Lipinski definition) is 0. The molecule has 0 saturated carbocycles. The molecule has 0 saturated heterocycles. The maximum absolute atomic E-state index is 3.52. The zero-order chi connectivity index (χ0) is 4.83. The Balaban J connectivity index is 2.34. The summed E-state index contributed by atoms with van der Waals surface area (Å²) in [4.78, 5) is 0. The fourth-order valence-corrected chi connectivity index (χ4v) is 3.51. The Labute approximate surface area is 55.7 Å². The molecule has 6 heavy (non-hydrogen) atoms. The van der Waals surface area contributed by atoms with Crippen LogP contribution in [0.15, 0.2) is 0 Å². The number of halogens is 1. The number of rotatable bonds is 3. The summed E-state index contributed by atoms with van der Waals surface area (Å²) in [6.45, 7) is 2.24. The summed E-state index contributed by atoms with van der Waals surface area (Å²) in [5.41, 5.74) is 0. The Kier molecular flexibility index (Phi) is 7.62. The molecule has 36 valence electrons. The van der Waals surface area contributed by atoms with Crippen molar-refractivity contribution < 1.29 is 0 Å². The Morgan fingerprint density at radius 1 is 1.67 bits per heavy atom. The maximum atomic E-state index is 3.52. The number of unbranched alkanes of at least 4 members (excludes halogenated alkanes) is 1. The average Bonchev–Trinajstić information content (AvgIpc) is 1.61. The van der Waals surface area contributed by atoms with Gasteiger partial charge in [0.25, 0.3) is 0 Å². The molecule has 0 aliphatic rings. The minimum absolute atomic E-state index is 0.00224. The summed E-state index contributed by atoms with van der Waals surface area (Å²) in [6, 6.07) is 0. The van der Waals surface area contributed by atoms with E-state index in [9.17, 15) is 0 Å². The van der Waals surface area contributed by atoms with Gasteiger partial charge in [-0.1, -0.05) is 0 Å². The zero-order valence-electron chi connectivity index (χ0n) is 4.00. The van der Waals surface area contributed by atoms with Crippen LogP contribution in [-0.2, 0) is 0 Å². The van der Waals surface area contributed by atoms with E-state index in [1.807, 2.05) is 0 Å². The Bertz CT molecular complexity index is 19.5. The van der Waals surface area contributed by atoms with Gasteiger partial charge in [0.15, 0.2) is 0 Å². The molecule has 0 aliphatic carbocycles. The van der Waals surface area contributed by atoms with E-state index in [0.29, 0.717) is 0 Å². The molecule has 0 aromatic rings. The molecule has 0 nitrogen and oxygen atoms in total. The molecule has 0 atom stereocenters. The topological polar surface area (TPSA) is 0 Å². The first-order valence-corrected chi connectivity index (χ1v) is 10.7. The quantitative estimate of drug-likeness (QED) is 0.536. The van der Waals surface area contributed by atoms with Crippen LogP contribution >= 0.6 is 12.7 Å². The third-order valence-corrected chi connectivity index (χ3v) is 4.83. The van der Waals surface area contributed by atoms with E-state index in [1.54, 1.807) is 0 Å². The molecule has 2 heteroatoms. The molecule has 0 amide bonds. The normalized spacial score (nSPS) is 9.00. The van der Waals surface area contributed by atoms with Crippen LogP contribution < -0.4 is 0 Å². The van der Waals surface area contributed by atoms with Crippen LogP contribution in [0.5, 0.6) is 0 Å². The molecule has 0 aromatic carbocycles. The van der Waals surface area contributed by atoms with Crippen molar-refractivity contribution in [2.45, 2.75) is 24.2 Å². The fourth-order valence-electron chi connectivity index (χ4n) is 0.244. The standard InChI is InChI=1S/C4H9.BrH.Sn/c1-3-4-2;;/h1,3-4H2,2H3;1H;/q;;+1/p-1. The van der Waals surface area contributed by atoms with Crippen LogP contribution in [0.1, 0.15) is 19.8 Å². The average molecular weight is 256 g/mol. The van der Waals surface area contributed by atoms with Gasteiger partial charge in [-0.2, -0.15) is 0 Å². The van der Waals surface area contributed by atoms with Crippen LogP contribution in [0.3, 0.4) is 0 Å². The summed E-state index contributed by atoms with van der Waals surface area (Å²) in [6.07, 6.45) is 2.81. The van der Waals surface area contributed by atoms with Gasteiger partial charge >= 0.3 is 55.8 Å². The summed E-state index contributed by atoms with van der Waals surface area (Å²) in [5.74, 6) is 0. The first kappa shape index (κ1) is 7.28. The Morgan fingerprint density at radius 3 is 2.50 bits per heavy atom. The third-order valence-electron chi connectivity index (χ3n) is 0.625. The second-order valence-electron chi connectivity index (χ2n) is 1.24. The van der Waals surface area contributed by atoms with Gasteiger partial charge in [0, 0.05) is 0 Å². The van der Waals surface area contributed by atoms with Crippen LogP contribution in [0.25, 0.3) is 0 Å². The van der Waals surface area contributed by atoms with E-state index in [-0.39, 0.29) is 18.9 Å². The Morgan fingerprint density at radius 2 is 2.33 bits per heavy atom. The van der Waals surface area contributed by atoms with Gasteiger partial charge in [-0.25, -0.2) is 0 Å². The summed E-state index contributed by atoms with van der Waals surface area (Å²) < 4.78 is 1.50. The molecule has 0 rings (SSSR count). The van der Waals surface area contributed by atoms with Crippen LogP contribution in [0.4, 0.5) is 0 Å². The van der Waals surface area contributed by atoms with Gasteiger partial charge in [-0.3, -0.25) is 0 Å². The molecule has 0 aliphatic heterocycles. The van der Waals surface area contributed by atoms with E-state index in [0.717, 1.165) is 0 Å². The summed E-state index contributed by atoms with van der Waals surface area (Å²) in [5, 5.41) is 0. The van der Waals surface area contributed by atoms with Crippen LogP contribution in [0, 0.1) is 0 Å². The predicted molar refractivity (Wildman–Crippen MR) is 34.4 cm³/mol. The molecule has 0 aromatic heterocycles. The van der Waals surface area contributed by atoms with Gasteiger partial charge in [-0.05, 0) is 0 Å². The monoisotopic (exact) mass is 256 g/mol. The van der Waals surface area contributed by atoms with Crippen LogP contribution in [-0.4, -0.2) is 18.9 Å². The first-order valence-electron chi connectivity index (χ1n) is 2.25. The molecule has 0 N–H and O–H groups in total. The third kappa shape index (κ3) is 5.28. The van der Waals surface area contributed by atoms with Crippen molar-refractivity contribution >= 4 is 31.6 Å². The van der Waals surface area contributed by atoms with Crippen molar-refractivity contribution in [2.75, 3.05) is 0 Å². The van der Waals surface area contributed by atoms with Crippen molar-refractivity contribution in [3.05, 3.63) is 0 Å². The van der Waals surface area contributed by atoms with E-state index < -0.39 is 0 Å². The van der Waals surface area contributed by atoms with E-state index in [1.165, 1.54) is 17.3 Å². The van der Waals surface area contributed by atoms with Crippen molar-refractivity contribution in [2.24, 2.45) is 0 Å².